The Morgan fingerprint density at radius 1 is 0.921 bits per heavy atom. The van der Waals surface area contributed by atoms with Crippen LogP contribution in [0.5, 0.6) is 5.75 Å². The van der Waals surface area contributed by atoms with E-state index >= 15 is 0 Å². The molecule has 3 aromatic carbocycles. The summed E-state index contributed by atoms with van der Waals surface area (Å²) in [6.45, 7) is 2.91. The van der Waals surface area contributed by atoms with Crippen molar-refractivity contribution in [2.75, 3.05) is 37.6 Å². The Morgan fingerprint density at radius 2 is 1.66 bits per heavy atom. The largest absolute Gasteiger partial charge is 0.508 e. The smallest absolute Gasteiger partial charge is 0.137 e. The molecule has 38 heavy (non-hydrogen) atoms. The molecule has 0 aliphatic carbocycles. The first-order chi connectivity index (χ1) is 18.4. The number of aromatic nitrogens is 3. The standard InChI is InChI=1S/C28H28F2N6O2/c29-22-3-10-26(27(30)15-22)28(38,18-36-20-31-19-33-36)17-34-11-13-35(14-12-34)24-6-4-23(5-7-24)32-16-21-1-8-25(37)9-2-21/h1-10,15-16,19-20,37-38H,11-14,17-18H2. The fraction of sp³-hybridized carbons (Fsp3) is 0.250. The summed E-state index contributed by atoms with van der Waals surface area (Å²) in [4.78, 5) is 12.7. The van der Waals surface area contributed by atoms with Gasteiger partial charge in [-0.3, -0.25) is 9.89 Å². The van der Waals surface area contributed by atoms with Crippen molar-refractivity contribution in [3.63, 3.8) is 0 Å². The fourth-order valence-electron chi connectivity index (χ4n) is 4.66. The zero-order valence-corrected chi connectivity index (χ0v) is 20.7. The van der Waals surface area contributed by atoms with Gasteiger partial charge in [-0.05, 0) is 60.2 Å². The number of β-amino-alcohol motifs (C(OH)–C–C–N with tert-alkyl or cyclic N) is 1. The van der Waals surface area contributed by atoms with E-state index in [4.69, 9.17) is 0 Å². The van der Waals surface area contributed by atoms with Crippen LogP contribution in [0.1, 0.15) is 11.1 Å². The van der Waals surface area contributed by atoms with Crippen LogP contribution in [0.3, 0.4) is 0 Å². The lowest BCUT2D eigenvalue weighted by Crippen LogP contribution is -2.52. The van der Waals surface area contributed by atoms with Gasteiger partial charge in [0.25, 0.3) is 0 Å². The summed E-state index contributed by atoms with van der Waals surface area (Å²) in [6.07, 6.45) is 4.56. The van der Waals surface area contributed by atoms with Gasteiger partial charge in [0.2, 0.25) is 0 Å². The van der Waals surface area contributed by atoms with Crippen LogP contribution in [-0.4, -0.2) is 68.8 Å². The summed E-state index contributed by atoms with van der Waals surface area (Å²) in [6, 6.07) is 18.0. The maximum atomic E-state index is 14.7. The van der Waals surface area contributed by atoms with Crippen LogP contribution in [0.2, 0.25) is 0 Å². The molecular formula is C28H28F2N6O2. The third kappa shape index (κ3) is 6.04. The maximum absolute atomic E-state index is 14.7. The second-order valence-electron chi connectivity index (χ2n) is 9.38. The third-order valence-electron chi connectivity index (χ3n) is 6.65. The Balaban J connectivity index is 1.22. The van der Waals surface area contributed by atoms with Crippen molar-refractivity contribution in [3.05, 3.63) is 102 Å². The molecule has 10 heteroatoms. The normalized spacial score (nSPS) is 16.1. The molecule has 8 nitrogen and oxygen atoms in total. The zero-order chi connectivity index (χ0) is 26.5. The van der Waals surface area contributed by atoms with Gasteiger partial charge in [-0.1, -0.05) is 6.07 Å². The number of aromatic hydroxyl groups is 1. The van der Waals surface area contributed by atoms with E-state index in [1.54, 1.807) is 30.5 Å². The van der Waals surface area contributed by atoms with Gasteiger partial charge in [-0.15, -0.1) is 0 Å². The molecule has 0 radical (unpaired) electrons. The SMILES string of the molecule is Oc1ccc(C=Nc2ccc(N3CCN(CC(O)(Cn4cncn4)c4ccc(F)cc4F)CC3)cc2)cc1. The van der Waals surface area contributed by atoms with E-state index in [9.17, 15) is 19.0 Å². The molecule has 0 spiro atoms. The minimum absolute atomic E-state index is 0.0120. The molecule has 196 valence electrons. The van der Waals surface area contributed by atoms with Crippen molar-refractivity contribution in [3.8, 4) is 5.75 Å². The molecule has 1 aliphatic rings. The molecule has 1 aromatic heterocycles. The number of rotatable bonds is 8. The predicted molar refractivity (Wildman–Crippen MR) is 141 cm³/mol. The van der Waals surface area contributed by atoms with Crippen molar-refractivity contribution < 1.29 is 19.0 Å². The Labute approximate surface area is 219 Å². The highest BCUT2D eigenvalue weighted by atomic mass is 19.1. The number of piperazine rings is 1. The van der Waals surface area contributed by atoms with E-state index in [0.29, 0.717) is 13.1 Å². The molecule has 1 unspecified atom stereocenters. The van der Waals surface area contributed by atoms with Crippen LogP contribution >= 0.6 is 0 Å². The molecule has 2 heterocycles. The number of phenols is 1. The molecule has 2 N–H and O–H groups in total. The fourth-order valence-corrected chi connectivity index (χ4v) is 4.66. The predicted octanol–water partition coefficient (Wildman–Crippen LogP) is 3.72. The molecule has 0 saturated carbocycles. The van der Waals surface area contributed by atoms with Gasteiger partial charge in [0.1, 0.15) is 35.6 Å². The summed E-state index contributed by atoms with van der Waals surface area (Å²) >= 11 is 0. The van der Waals surface area contributed by atoms with Crippen LogP contribution in [0.25, 0.3) is 0 Å². The average molecular weight is 519 g/mol. The van der Waals surface area contributed by atoms with Crippen LogP contribution in [0, 0.1) is 11.6 Å². The molecule has 1 aliphatic heterocycles. The first kappa shape index (κ1) is 25.5. The topological polar surface area (TPSA) is 90.0 Å². The van der Waals surface area contributed by atoms with Crippen LogP contribution in [-0.2, 0) is 12.1 Å². The Hall–Kier alpha value is -4.15. The summed E-state index contributed by atoms with van der Waals surface area (Å²) < 4.78 is 29.7. The minimum Gasteiger partial charge on any atom is -0.508 e. The molecule has 0 bridgehead atoms. The second kappa shape index (κ2) is 11.1. The summed E-state index contributed by atoms with van der Waals surface area (Å²) in [5.74, 6) is -1.27. The monoisotopic (exact) mass is 518 g/mol. The number of anilines is 1. The Kier molecular flexibility index (Phi) is 7.43. The maximum Gasteiger partial charge on any atom is 0.137 e. The highest BCUT2D eigenvalue weighted by molar-refractivity contribution is 5.82. The average Bonchev–Trinajstić information content (AvgIpc) is 3.42. The quantitative estimate of drug-likeness (QED) is 0.346. The number of aliphatic hydroxyl groups is 1. The van der Waals surface area contributed by atoms with Gasteiger partial charge in [0.05, 0.1) is 12.2 Å². The van der Waals surface area contributed by atoms with Crippen LogP contribution in [0.15, 0.2) is 84.4 Å². The van der Waals surface area contributed by atoms with Gasteiger partial charge in [-0.2, -0.15) is 5.10 Å². The van der Waals surface area contributed by atoms with E-state index in [1.165, 1.54) is 23.4 Å². The van der Waals surface area contributed by atoms with Crippen molar-refractivity contribution in [2.45, 2.75) is 12.1 Å². The van der Waals surface area contributed by atoms with Crippen molar-refractivity contribution in [2.24, 2.45) is 4.99 Å². The summed E-state index contributed by atoms with van der Waals surface area (Å²) in [7, 11) is 0. The molecule has 1 atom stereocenters. The van der Waals surface area contributed by atoms with Gasteiger partial charge in [0.15, 0.2) is 0 Å². The molecule has 4 aromatic rings. The lowest BCUT2D eigenvalue weighted by atomic mass is 9.92. The molecule has 1 saturated heterocycles. The number of hydrogen-bond donors (Lipinski definition) is 2. The highest BCUT2D eigenvalue weighted by Gasteiger charge is 2.36. The minimum atomic E-state index is -1.62. The lowest BCUT2D eigenvalue weighted by Gasteiger charge is -2.40. The van der Waals surface area contributed by atoms with Crippen LogP contribution in [0.4, 0.5) is 20.2 Å². The number of phenolic OH excluding ortho intramolecular Hbond substituents is 1. The van der Waals surface area contributed by atoms with Gasteiger partial charge in [0, 0.05) is 56.3 Å². The zero-order valence-electron chi connectivity index (χ0n) is 20.7. The van der Waals surface area contributed by atoms with Crippen molar-refractivity contribution in [1.29, 1.82) is 0 Å². The van der Waals surface area contributed by atoms with E-state index in [0.717, 1.165) is 42.2 Å². The van der Waals surface area contributed by atoms with E-state index in [2.05, 4.69) is 24.9 Å². The Morgan fingerprint density at radius 3 is 2.32 bits per heavy atom. The molecule has 0 amide bonds. The lowest BCUT2D eigenvalue weighted by molar-refractivity contribution is -0.0227. The number of nitrogens with zero attached hydrogens (tertiary/aromatic N) is 6. The number of halogens is 2. The second-order valence-corrected chi connectivity index (χ2v) is 9.38. The van der Waals surface area contributed by atoms with Gasteiger partial charge >= 0.3 is 0 Å². The third-order valence-corrected chi connectivity index (χ3v) is 6.65. The molecule has 5 rings (SSSR count). The first-order valence-electron chi connectivity index (χ1n) is 12.3. The summed E-state index contributed by atoms with van der Waals surface area (Å²) in [5.41, 5.74) is 1.19. The van der Waals surface area contributed by atoms with Crippen molar-refractivity contribution >= 4 is 17.6 Å². The first-order valence-corrected chi connectivity index (χ1v) is 12.3. The van der Waals surface area contributed by atoms with E-state index < -0.39 is 17.2 Å². The van der Waals surface area contributed by atoms with Crippen molar-refractivity contribution in [1.82, 2.24) is 19.7 Å². The molecule has 1 fully saturated rings. The van der Waals surface area contributed by atoms with E-state index in [1.807, 2.05) is 24.3 Å². The number of benzene rings is 3. The van der Waals surface area contributed by atoms with E-state index in [-0.39, 0.29) is 24.4 Å². The Bertz CT molecular complexity index is 1370. The number of hydrogen-bond acceptors (Lipinski definition) is 7. The van der Waals surface area contributed by atoms with Gasteiger partial charge < -0.3 is 15.1 Å². The van der Waals surface area contributed by atoms with Gasteiger partial charge in [-0.25, -0.2) is 18.4 Å². The van der Waals surface area contributed by atoms with Crippen LogP contribution < -0.4 is 4.90 Å². The molecular weight excluding hydrogens is 490 g/mol. The highest BCUT2D eigenvalue weighted by Crippen LogP contribution is 2.29. The number of aliphatic imine (C=N–C) groups is 1. The summed E-state index contributed by atoms with van der Waals surface area (Å²) in [5, 5.41) is 25.1.